The maximum atomic E-state index is 11.9. The number of primary amides is 1. The van der Waals surface area contributed by atoms with Crippen LogP contribution in [0.25, 0.3) is 0 Å². The third-order valence-electron chi connectivity index (χ3n) is 4.05. The summed E-state index contributed by atoms with van der Waals surface area (Å²) in [5.74, 6) is -0.395. The molecule has 1 atom stereocenters. The summed E-state index contributed by atoms with van der Waals surface area (Å²) in [6, 6.07) is 4.47. The number of rotatable bonds is 5. The summed E-state index contributed by atoms with van der Waals surface area (Å²) in [6.45, 7) is 2.34. The number of amides is 1. The first-order chi connectivity index (χ1) is 12.4. The normalized spacial score (nSPS) is 13.9. The van der Waals surface area contributed by atoms with Gasteiger partial charge in [-0.15, -0.1) is 0 Å². The Morgan fingerprint density at radius 2 is 2.04 bits per heavy atom. The van der Waals surface area contributed by atoms with Crippen LogP contribution in [0, 0.1) is 6.92 Å². The van der Waals surface area contributed by atoms with Crippen molar-refractivity contribution in [2.24, 2.45) is 5.73 Å². The van der Waals surface area contributed by atoms with E-state index in [4.69, 9.17) is 24.4 Å². The Bertz CT molecular complexity index is 886. The van der Waals surface area contributed by atoms with Gasteiger partial charge in [-0.1, -0.05) is 0 Å². The molecule has 2 heterocycles. The van der Waals surface area contributed by atoms with Crippen molar-refractivity contribution in [3.05, 3.63) is 45.5 Å². The highest BCUT2D eigenvalue weighted by molar-refractivity contribution is 5.75. The Kier molecular flexibility index (Phi) is 4.75. The van der Waals surface area contributed by atoms with E-state index in [1.807, 2.05) is 0 Å². The molecule has 1 aliphatic rings. The van der Waals surface area contributed by atoms with Crippen LogP contribution in [0.4, 0.5) is 0 Å². The molecular weight excluding hydrogens is 342 g/mol. The van der Waals surface area contributed by atoms with Gasteiger partial charge in [-0.2, -0.15) is 0 Å². The van der Waals surface area contributed by atoms with E-state index in [0.29, 0.717) is 41.8 Å². The molecular formula is C18H19NO7. The fraction of sp³-hybridized carbons (Fsp3) is 0.333. The lowest BCUT2D eigenvalue weighted by Crippen LogP contribution is -2.19. The highest BCUT2D eigenvalue weighted by Crippen LogP contribution is 2.44. The van der Waals surface area contributed by atoms with Gasteiger partial charge in [0.2, 0.25) is 22.8 Å². The van der Waals surface area contributed by atoms with Crippen LogP contribution in [-0.4, -0.2) is 31.3 Å². The van der Waals surface area contributed by atoms with Crippen LogP contribution < -0.4 is 25.4 Å². The molecule has 1 amide bonds. The highest BCUT2D eigenvalue weighted by Gasteiger charge is 2.28. The monoisotopic (exact) mass is 361 g/mol. The Morgan fingerprint density at radius 3 is 2.73 bits per heavy atom. The molecule has 2 aromatic rings. The minimum absolute atomic E-state index is 0.0347. The molecule has 0 aliphatic carbocycles. The second-order valence-corrected chi connectivity index (χ2v) is 5.90. The van der Waals surface area contributed by atoms with Crippen molar-refractivity contribution in [1.29, 1.82) is 0 Å². The number of benzene rings is 1. The van der Waals surface area contributed by atoms with Crippen LogP contribution in [0.15, 0.2) is 27.4 Å². The first-order valence-electron chi connectivity index (χ1n) is 8.00. The van der Waals surface area contributed by atoms with Gasteiger partial charge in [0, 0.05) is 12.5 Å². The molecule has 3 N–H and O–H groups in total. The summed E-state index contributed by atoms with van der Waals surface area (Å²) < 4.78 is 22.1. The van der Waals surface area contributed by atoms with Crippen molar-refractivity contribution in [3.63, 3.8) is 0 Å². The molecule has 0 unspecified atom stereocenters. The third-order valence-corrected chi connectivity index (χ3v) is 4.05. The molecule has 0 bridgehead atoms. The number of ether oxygens (including phenoxy) is 3. The zero-order valence-corrected chi connectivity index (χ0v) is 14.4. The standard InChI is InChI=1S/C18H19NO7/c1-9-5-12(20)16(22)17(26-9)11(8-15(19)21)10-6-13(23-2)18-14(7-10)24-3-4-25-18/h5-7,11,22H,3-4,8H2,1-2H3,(H2,19,21)/t11-/m0/s1. The molecule has 1 aliphatic heterocycles. The predicted molar refractivity (Wildman–Crippen MR) is 91.0 cm³/mol. The summed E-state index contributed by atoms with van der Waals surface area (Å²) >= 11 is 0. The smallest absolute Gasteiger partial charge is 0.227 e. The number of fused-ring (bicyclic) bond motifs is 1. The van der Waals surface area contributed by atoms with E-state index >= 15 is 0 Å². The van der Waals surface area contributed by atoms with Crippen molar-refractivity contribution >= 4 is 5.91 Å². The largest absolute Gasteiger partial charge is 0.502 e. The van der Waals surface area contributed by atoms with Gasteiger partial charge in [0.25, 0.3) is 0 Å². The number of hydrogen-bond donors (Lipinski definition) is 2. The SMILES string of the molecule is COc1cc([C@H](CC(N)=O)c2oc(C)cc(=O)c2O)cc2c1OCCO2. The van der Waals surface area contributed by atoms with Crippen molar-refractivity contribution in [2.45, 2.75) is 19.3 Å². The fourth-order valence-corrected chi connectivity index (χ4v) is 2.92. The van der Waals surface area contributed by atoms with Gasteiger partial charge >= 0.3 is 0 Å². The zero-order valence-electron chi connectivity index (χ0n) is 14.4. The van der Waals surface area contributed by atoms with Crippen molar-refractivity contribution < 1.29 is 28.5 Å². The van der Waals surface area contributed by atoms with Gasteiger partial charge in [0.1, 0.15) is 19.0 Å². The lowest BCUT2D eigenvalue weighted by molar-refractivity contribution is -0.118. The average Bonchev–Trinajstić information content (AvgIpc) is 2.61. The van der Waals surface area contributed by atoms with Gasteiger partial charge in [0.05, 0.1) is 13.0 Å². The lowest BCUT2D eigenvalue weighted by atomic mass is 9.91. The maximum absolute atomic E-state index is 11.9. The van der Waals surface area contributed by atoms with Gasteiger partial charge < -0.3 is 29.5 Å². The molecule has 8 heteroatoms. The second kappa shape index (κ2) is 6.99. The molecule has 0 spiro atoms. The number of methoxy groups -OCH3 is 1. The van der Waals surface area contributed by atoms with E-state index in [0.717, 1.165) is 0 Å². The van der Waals surface area contributed by atoms with E-state index in [1.165, 1.54) is 13.2 Å². The van der Waals surface area contributed by atoms with E-state index in [1.54, 1.807) is 19.1 Å². The zero-order chi connectivity index (χ0) is 18.8. The second-order valence-electron chi connectivity index (χ2n) is 5.90. The number of aryl methyl sites for hydroxylation is 1. The molecule has 8 nitrogen and oxygen atoms in total. The van der Waals surface area contributed by atoms with Gasteiger partial charge in [0.15, 0.2) is 17.3 Å². The van der Waals surface area contributed by atoms with E-state index in [-0.39, 0.29) is 12.2 Å². The van der Waals surface area contributed by atoms with Crippen LogP contribution in [0.1, 0.15) is 29.4 Å². The lowest BCUT2D eigenvalue weighted by Gasteiger charge is -2.24. The molecule has 0 fully saturated rings. The van der Waals surface area contributed by atoms with E-state index < -0.39 is 23.0 Å². The Morgan fingerprint density at radius 1 is 1.31 bits per heavy atom. The summed E-state index contributed by atoms with van der Waals surface area (Å²) in [4.78, 5) is 23.6. The summed E-state index contributed by atoms with van der Waals surface area (Å²) in [5, 5.41) is 10.2. The molecule has 0 saturated carbocycles. The van der Waals surface area contributed by atoms with Crippen molar-refractivity contribution in [2.75, 3.05) is 20.3 Å². The van der Waals surface area contributed by atoms with Crippen molar-refractivity contribution in [1.82, 2.24) is 0 Å². The highest BCUT2D eigenvalue weighted by atomic mass is 16.6. The number of carbonyl (C=O) groups is 1. The third kappa shape index (κ3) is 3.30. The molecule has 1 aromatic carbocycles. The molecule has 3 rings (SSSR count). The van der Waals surface area contributed by atoms with E-state index in [9.17, 15) is 14.7 Å². The van der Waals surface area contributed by atoms with Gasteiger partial charge in [-0.25, -0.2) is 0 Å². The minimum Gasteiger partial charge on any atom is -0.502 e. The van der Waals surface area contributed by atoms with Gasteiger partial charge in [-0.3, -0.25) is 9.59 Å². The van der Waals surface area contributed by atoms with Crippen LogP contribution in [-0.2, 0) is 4.79 Å². The average molecular weight is 361 g/mol. The minimum atomic E-state index is -0.787. The quantitative estimate of drug-likeness (QED) is 0.826. The molecule has 1 aromatic heterocycles. The Balaban J connectivity index is 2.18. The van der Waals surface area contributed by atoms with Crippen LogP contribution in [0.5, 0.6) is 23.0 Å². The Hall–Kier alpha value is -3.16. The summed E-state index contributed by atoms with van der Waals surface area (Å²) in [6.07, 6.45) is -0.178. The topological polar surface area (TPSA) is 121 Å². The van der Waals surface area contributed by atoms with Crippen LogP contribution in [0.2, 0.25) is 0 Å². The van der Waals surface area contributed by atoms with Gasteiger partial charge in [-0.05, 0) is 24.6 Å². The molecule has 0 saturated heterocycles. The molecule has 138 valence electrons. The fourth-order valence-electron chi connectivity index (χ4n) is 2.92. The van der Waals surface area contributed by atoms with Crippen LogP contribution >= 0.6 is 0 Å². The predicted octanol–water partition coefficient (Wildman–Crippen LogP) is 1.44. The molecule has 26 heavy (non-hydrogen) atoms. The number of hydrogen-bond acceptors (Lipinski definition) is 7. The maximum Gasteiger partial charge on any atom is 0.227 e. The number of aromatic hydroxyl groups is 1. The Labute approximate surface area is 149 Å². The summed E-state index contributed by atoms with van der Waals surface area (Å²) in [7, 11) is 1.48. The van der Waals surface area contributed by atoms with Crippen molar-refractivity contribution in [3.8, 4) is 23.0 Å². The number of carbonyl (C=O) groups excluding carboxylic acids is 1. The first-order valence-corrected chi connectivity index (χ1v) is 8.00. The number of nitrogens with two attached hydrogens (primary N) is 1. The first kappa shape index (κ1) is 17.7. The summed E-state index contributed by atoms with van der Waals surface area (Å²) in [5.41, 5.74) is 5.32. The molecule has 0 radical (unpaired) electrons. The van der Waals surface area contributed by atoms with E-state index in [2.05, 4.69) is 0 Å². The van der Waals surface area contributed by atoms with Crippen LogP contribution in [0.3, 0.4) is 0 Å².